The lowest BCUT2D eigenvalue weighted by molar-refractivity contribution is -0.178. The second-order valence-electron chi connectivity index (χ2n) is 7.54. The molecule has 0 spiro atoms. The van der Waals surface area contributed by atoms with E-state index >= 15 is 0 Å². The van der Waals surface area contributed by atoms with Crippen molar-refractivity contribution >= 4 is 48.3 Å². The van der Waals surface area contributed by atoms with Crippen molar-refractivity contribution in [2.24, 2.45) is 11.7 Å². The number of hydrogen-bond acceptors (Lipinski definition) is 13. The Morgan fingerprint density at radius 2 is 1.62 bits per heavy atom. The highest BCUT2D eigenvalue weighted by Crippen LogP contribution is 2.23. The topological polar surface area (TPSA) is 242 Å². The zero-order valence-corrected chi connectivity index (χ0v) is 23.0. The first-order chi connectivity index (χ1) is 18.3. The molecular formula is C21H36BCl2N3O12. The molecule has 2 atom stereocenters. The van der Waals surface area contributed by atoms with Gasteiger partial charge in [0, 0.05) is 18.7 Å². The number of ether oxygens (including phenoxy) is 1. The van der Waals surface area contributed by atoms with Crippen LogP contribution in [-0.2, 0) is 24.0 Å². The van der Waals surface area contributed by atoms with E-state index < -0.39 is 31.1 Å². The van der Waals surface area contributed by atoms with Crippen molar-refractivity contribution in [1.29, 1.82) is 0 Å². The summed E-state index contributed by atoms with van der Waals surface area (Å²) < 4.78 is 4.89. The Hall–Kier alpha value is -1.93. The van der Waals surface area contributed by atoms with E-state index in [9.17, 15) is 14.4 Å². The number of nitrogens with two attached hydrogens (primary N) is 1. The van der Waals surface area contributed by atoms with Gasteiger partial charge in [-0.05, 0) is 30.5 Å². The minimum absolute atomic E-state index is 0.00186. The number of nitrogens with zero attached hydrogens (tertiary/aromatic N) is 1. The average Bonchev–Trinajstić information content (AvgIpc) is 2.86. The maximum Gasteiger partial charge on any atom is 0.631 e. The van der Waals surface area contributed by atoms with Crippen LogP contribution >= 0.6 is 23.2 Å². The Kier molecular flexibility index (Phi) is 24.1. The van der Waals surface area contributed by atoms with E-state index in [0.717, 1.165) is 4.90 Å². The van der Waals surface area contributed by atoms with Gasteiger partial charge in [0.2, 0.25) is 5.91 Å². The third kappa shape index (κ3) is 20.6. The summed E-state index contributed by atoms with van der Waals surface area (Å²) in [6, 6.07) is 3.31. The zero-order chi connectivity index (χ0) is 30.4. The van der Waals surface area contributed by atoms with Gasteiger partial charge < -0.3 is 40.9 Å². The fourth-order valence-electron chi connectivity index (χ4n) is 2.57. The Labute approximate surface area is 236 Å². The largest absolute Gasteiger partial charge is 0.631 e. The summed E-state index contributed by atoms with van der Waals surface area (Å²) in [5, 5.41) is 47.2. The van der Waals surface area contributed by atoms with Crippen molar-refractivity contribution in [3.8, 4) is 0 Å². The summed E-state index contributed by atoms with van der Waals surface area (Å²) in [6.07, 6.45) is 0.109. The lowest BCUT2D eigenvalue weighted by Crippen LogP contribution is -2.42. The number of nitrogens with one attached hydrogen (secondary N) is 1. The van der Waals surface area contributed by atoms with E-state index in [0.29, 0.717) is 5.02 Å². The number of rotatable bonds is 15. The molecule has 224 valence electrons. The van der Waals surface area contributed by atoms with E-state index in [4.69, 9.17) is 64.1 Å². The molecule has 1 unspecified atom stereocenters. The molecule has 1 aromatic carbocycles. The molecule has 18 heteroatoms. The van der Waals surface area contributed by atoms with Crippen molar-refractivity contribution in [3.63, 3.8) is 0 Å². The van der Waals surface area contributed by atoms with Crippen LogP contribution in [0, 0.1) is 5.92 Å². The number of halogens is 2. The van der Waals surface area contributed by atoms with Crippen molar-refractivity contribution in [1.82, 2.24) is 10.5 Å². The Morgan fingerprint density at radius 3 is 2.08 bits per heavy atom. The minimum atomic E-state index is -2.17. The fourth-order valence-corrected chi connectivity index (χ4v) is 2.94. The first kappa shape index (κ1) is 39.2. The summed E-state index contributed by atoms with van der Waals surface area (Å²) in [6.45, 7) is 2.09. The Morgan fingerprint density at radius 1 is 1.08 bits per heavy atom. The average molecular weight is 604 g/mol. The lowest BCUT2D eigenvalue weighted by Gasteiger charge is -2.25. The molecule has 0 aliphatic rings. The van der Waals surface area contributed by atoms with Gasteiger partial charge >= 0.3 is 13.3 Å². The SMILES string of the molecule is COCCC(=O)N(CC(C)C[C@@H](N)C(=O)O)C(=O)c1cc(Cl)ccc1Cl.OB(O)O.OCCONOCCO. The number of hydrogen-bond donors (Lipinski definition) is 8. The molecule has 0 aromatic heterocycles. The highest BCUT2D eigenvalue weighted by Gasteiger charge is 2.27. The van der Waals surface area contributed by atoms with Crippen molar-refractivity contribution in [2.75, 3.05) is 46.7 Å². The number of imide groups is 1. The normalized spacial score (nSPS) is 11.7. The molecule has 9 N–H and O–H groups in total. The second-order valence-corrected chi connectivity index (χ2v) is 8.38. The number of aliphatic carboxylic acids is 1. The van der Waals surface area contributed by atoms with E-state index in [1.54, 1.807) is 6.92 Å². The van der Waals surface area contributed by atoms with Gasteiger partial charge in [-0.3, -0.25) is 29.0 Å². The monoisotopic (exact) mass is 603 g/mol. The van der Waals surface area contributed by atoms with Crippen LogP contribution in [0.25, 0.3) is 0 Å². The third-order valence-electron chi connectivity index (χ3n) is 4.20. The maximum atomic E-state index is 12.9. The van der Waals surface area contributed by atoms with Gasteiger partial charge in [-0.1, -0.05) is 35.8 Å². The highest BCUT2D eigenvalue weighted by molar-refractivity contribution is 6.36. The summed E-state index contributed by atoms with van der Waals surface area (Å²) in [5.74, 6) is -2.52. The third-order valence-corrected chi connectivity index (χ3v) is 4.76. The number of carboxylic acid groups (broad SMARTS) is 1. The van der Waals surface area contributed by atoms with Crippen molar-refractivity contribution in [3.05, 3.63) is 33.8 Å². The predicted octanol–water partition coefficient (Wildman–Crippen LogP) is -1.19. The number of carboxylic acids is 1. The van der Waals surface area contributed by atoms with Crippen LogP contribution in [0.1, 0.15) is 30.1 Å². The van der Waals surface area contributed by atoms with Crippen molar-refractivity contribution < 1.29 is 59.2 Å². The van der Waals surface area contributed by atoms with Gasteiger partial charge in [0.1, 0.15) is 6.04 Å². The summed E-state index contributed by atoms with van der Waals surface area (Å²) in [5.41, 5.74) is 7.70. The van der Waals surface area contributed by atoms with E-state index in [2.05, 4.69) is 15.3 Å². The highest BCUT2D eigenvalue weighted by atomic mass is 35.5. The number of carbonyl (C=O) groups is 3. The van der Waals surface area contributed by atoms with Crippen LogP contribution in [0.3, 0.4) is 0 Å². The fraction of sp³-hybridized carbons (Fsp3) is 0.571. The Bertz CT molecular complexity index is 833. The maximum absolute atomic E-state index is 12.9. The number of methoxy groups -OCH3 is 1. The minimum Gasteiger partial charge on any atom is -0.480 e. The molecule has 0 aliphatic heterocycles. The van der Waals surface area contributed by atoms with Gasteiger partial charge in [0.05, 0.1) is 50.0 Å². The summed E-state index contributed by atoms with van der Waals surface area (Å²) >= 11 is 12.0. The number of aliphatic hydroxyl groups excluding tert-OH is 2. The molecule has 39 heavy (non-hydrogen) atoms. The second kappa shape index (κ2) is 23.9. The molecule has 0 saturated heterocycles. The molecule has 2 amide bonds. The number of aliphatic hydroxyl groups is 2. The molecule has 0 saturated carbocycles. The molecule has 1 aromatic rings. The van der Waals surface area contributed by atoms with Crippen LogP contribution in [0.2, 0.25) is 10.0 Å². The quantitative estimate of drug-likeness (QED) is 0.0667. The van der Waals surface area contributed by atoms with Gasteiger partial charge in [-0.2, -0.15) is 0 Å². The van der Waals surface area contributed by atoms with E-state index in [-0.39, 0.29) is 68.9 Å². The summed E-state index contributed by atoms with van der Waals surface area (Å²) in [7, 11) is -0.720. The van der Waals surface area contributed by atoms with E-state index in [1.807, 2.05) is 0 Å². The van der Waals surface area contributed by atoms with Gasteiger partial charge in [-0.25, -0.2) is 0 Å². The molecule has 15 nitrogen and oxygen atoms in total. The van der Waals surface area contributed by atoms with Gasteiger partial charge in [0.25, 0.3) is 5.91 Å². The summed E-state index contributed by atoms with van der Waals surface area (Å²) in [4.78, 5) is 46.2. The molecule has 0 aliphatic carbocycles. The molecule has 0 heterocycles. The standard InChI is InChI=1S/C17H22Cl2N2O5.C4H11NO4.BH3O3/c1-10(7-14(20)17(24)25)9-21(15(22)5-6-26-2)16(23)12-8-11(18)3-4-13(12)19;6-1-3-8-5-9-4-2-7;2-1(3)4/h3-4,8,10,14H,5-7,9,20H2,1-2H3,(H,24,25);5-7H,1-4H2;2-4H/t10?,14-;;/m1../s1. The first-order valence-corrected chi connectivity index (χ1v) is 12.1. The van der Waals surface area contributed by atoms with E-state index in [1.165, 1.54) is 25.3 Å². The number of carbonyl (C=O) groups excluding carboxylic acids is 2. The molecule has 0 radical (unpaired) electrons. The van der Waals surface area contributed by atoms with Crippen LogP contribution in [0.4, 0.5) is 0 Å². The number of amides is 2. The molecule has 1 rings (SSSR count). The number of benzene rings is 1. The first-order valence-electron chi connectivity index (χ1n) is 11.3. The van der Waals surface area contributed by atoms with Crippen molar-refractivity contribution in [2.45, 2.75) is 25.8 Å². The zero-order valence-electron chi connectivity index (χ0n) is 21.5. The lowest BCUT2D eigenvalue weighted by atomic mass is 10.0. The smallest absolute Gasteiger partial charge is 0.480 e. The van der Waals surface area contributed by atoms with Gasteiger partial charge in [0.15, 0.2) is 0 Å². The van der Waals surface area contributed by atoms with Crippen LogP contribution < -0.4 is 11.4 Å². The Balaban J connectivity index is 0. The molecule has 0 bridgehead atoms. The van der Waals surface area contributed by atoms with Crippen LogP contribution in [0.15, 0.2) is 18.2 Å². The van der Waals surface area contributed by atoms with Crippen LogP contribution in [-0.4, -0.2) is 113 Å². The molecule has 0 fully saturated rings. The predicted molar refractivity (Wildman–Crippen MR) is 140 cm³/mol. The molecular weight excluding hydrogens is 568 g/mol. The van der Waals surface area contributed by atoms with Crippen LogP contribution in [0.5, 0.6) is 0 Å². The van der Waals surface area contributed by atoms with Gasteiger partial charge in [-0.15, -0.1) is 0 Å².